The molecule has 1 unspecified atom stereocenters. The Morgan fingerprint density at radius 1 is 0.947 bits per heavy atom. The van der Waals surface area contributed by atoms with Crippen molar-refractivity contribution in [1.29, 1.82) is 0 Å². The molecule has 2 fully saturated rings. The number of benzene rings is 1. The molecule has 0 saturated heterocycles. The Hall–Kier alpha value is -0.820. The van der Waals surface area contributed by atoms with E-state index < -0.39 is 0 Å². The van der Waals surface area contributed by atoms with Crippen molar-refractivity contribution in [2.45, 2.75) is 69.9 Å². The highest BCUT2D eigenvalue weighted by molar-refractivity contribution is 5.15. The van der Waals surface area contributed by atoms with Gasteiger partial charge in [-0.25, -0.2) is 0 Å². The fourth-order valence-electron chi connectivity index (χ4n) is 3.49. The summed E-state index contributed by atoms with van der Waals surface area (Å²) in [5, 5.41) is 3.99. The first kappa shape index (κ1) is 13.2. The zero-order valence-electron chi connectivity index (χ0n) is 12.0. The Morgan fingerprint density at radius 3 is 2.37 bits per heavy atom. The summed E-state index contributed by atoms with van der Waals surface area (Å²) in [5.74, 6) is 0.977. The fraction of sp³-hybridized carbons (Fsp3) is 0.667. The fourth-order valence-corrected chi connectivity index (χ4v) is 3.49. The number of rotatable bonds is 6. The lowest BCUT2D eigenvalue weighted by Gasteiger charge is -2.28. The van der Waals surface area contributed by atoms with Crippen LogP contribution < -0.4 is 5.32 Å². The van der Waals surface area contributed by atoms with Crippen molar-refractivity contribution >= 4 is 0 Å². The summed E-state index contributed by atoms with van der Waals surface area (Å²) in [5.41, 5.74) is 1.50. The molecule has 104 valence electrons. The minimum Gasteiger partial charge on any atom is -0.311 e. The Morgan fingerprint density at radius 2 is 1.68 bits per heavy atom. The first-order chi connectivity index (χ1) is 9.42. The van der Waals surface area contributed by atoms with Crippen LogP contribution in [0.2, 0.25) is 0 Å². The van der Waals surface area contributed by atoms with E-state index in [1.165, 1.54) is 63.4 Å². The van der Waals surface area contributed by atoms with Gasteiger partial charge in [0, 0.05) is 12.1 Å². The number of hydrogen-bond acceptors (Lipinski definition) is 1. The van der Waals surface area contributed by atoms with E-state index in [0.717, 1.165) is 18.0 Å². The van der Waals surface area contributed by atoms with Crippen molar-refractivity contribution in [2.24, 2.45) is 5.92 Å². The van der Waals surface area contributed by atoms with Gasteiger partial charge in [-0.15, -0.1) is 0 Å². The van der Waals surface area contributed by atoms with Gasteiger partial charge in [-0.05, 0) is 50.0 Å². The Bertz CT molecular complexity index is 363. The molecule has 2 aliphatic rings. The molecule has 19 heavy (non-hydrogen) atoms. The molecule has 0 spiro atoms. The first-order valence-electron chi connectivity index (χ1n) is 8.22. The predicted molar refractivity (Wildman–Crippen MR) is 81.3 cm³/mol. The largest absolute Gasteiger partial charge is 0.311 e. The van der Waals surface area contributed by atoms with Crippen LogP contribution in [-0.4, -0.2) is 12.1 Å². The first-order valence-corrected chi connectivity index (χ1v) is 8.22. The lowest BCUT2D eigenvalue weighted by atomic mass is 9.93. The third-order valence-corrected chi connectivity index (χ3v) is 4.83. The van der Waals surface area contributed by atoms with Crippen molar-refractivity contribution in [3.05, 3.63) is 35.9 Å². The van der Waals surface area contributed by atoms with Gasteiger partial charge in [0.2, 0.25) is 0 Å². The quantitative estimate of drug-likeness (QED) is 0.800. The molecule has 0 heterocycles. The van der Waals surface area contributed by atoms with Gasteiger partial charge in [0.15, 0.2) is 0 Å². The van der Waals surface area contributed by atoms with Crippen LogP contribution in [0.25, 0.3) is 0 Å². The summed E-state index contributed by atoms with van der Waals surface area (Å²) in [4.78, 5) is 0. The van der Waals surface area contributed by atoms with Crippen LogP contribution >= 0.6 is 0 Å². The Kier molecular flexibility index (Phi) is 4.55. The summed E-state index contributed by atoms with van der Waals surface area (Å²) in [6.45, 7) is 0. The third kappa shape index (κ3) is 4.07. The molecule has 2 saturated carbocycles. The average Bonchev–Trinajstić information content (AvgIpc) is 3.30. The molecule has 0 aromatic heterocycles. The van der Waals surface area contributed by atoms with E-state index in [9.17, 15) is 0 Å². The number of aryl methyl sites for hydroxylation is 1. The number of hydrogen-bond donors (Lipinski definition) is 1. The second-order valence-corrected chi connectivity index (χ2v) is 6.47. The van der Waals surface area contributed by atoms with Crippen LogP contribution in [-0.2, 0) is 6.42 Å². The van der Waals surface area contributed by atoms with E-state index in [-0.39, 0.29) is 0 Å². The third-order valence-electron chi connectivity index (χ3n) is 4.83. The molecule has 3 rings (SSSR count). The van der Waals surface area contributed by atoms with Gasteiger partial charge in [-0.1, -0.05) is 49.6 Å². The molecule has 1 aromatic rings. The summed E-state index contributed by atoms with van der Waals surface area (Å²) in [6, 6.07) is 12.6. The molecular weight excluding hydrogens is 230 g/mol. The van der Waals surface area contributed by atoms with E-state index >= 15 is 0 Å². The minimum absolute atomic E-state index is 0.781. The molecule has 0 aliphatic heterocycles. The molecular formula is C18H27N. The maximum Gasteiger partial charge on any atom is 0.0101 e. The predicted octanol–water partition coefficient (Wildman–Crippen LogP) is 4.32. The minimum atomic E-state index is 0.781. The molecule has 1 nitrogen and oxygen atoms in total. The van der Waals surface area contributed by atoms with Crippen molar-refractivity contribution in [2.75, 3.05) is 0 Å². The average molecular weight is 257 g/mol. The van der Waals surface area contributed by atoms with E-state index in [4.69, 9.17) is 0 Å². The van der Waals surface area contributed by atoms with Gasteiger partial charge in [0.05, 0.1) is 0 Å². The van der Waals surface area contributed by atoms with Gasteiger partial charge in [-0.3, -0.25) is 0 Å². The van der Waals surface area contributed by atoms with Crippen LogP contribution in [0.4, 0.5) is 0 Å². The molecule has 0 radical (unpaired) electrons. The van der Waals surface area contributed by atoms with E-state index in [2.05, 4.69) is 35.6 Å². The van der Waals surface area contributed by atoms with Crippen LogP contribution in [0, 0.1) is 5.92 Å². The maximum absolute atomic E-state index is 3.99. The summed E-state index contributed by atoms with van der Waals surface area (Å²) < 4.78 is 0. The molecule has 1 N–H and O–H groups in total. The standard InChI is InChI=1S/C18H27N/c1-3-7-15(8-4-1)11-14-18(16-12-13-16)19-17-9-5-2-6-10-17/h1,3-4,7-8,16-19H,2,5-6,9-14H2. The van der Waals surface area contributed by atoms with Crippen molar-refractivity contribution in [1.82, 2.24) is 5.32 Å². The van der Waals surface area contributed by atoms with Crippen LogP contribution in [0.1, 0.15) is 56.9 Å². The topological polar surface area (TPSA) is 12.0 Å². The zero-order valence-corrected chi connectivity index (χ0v) is 12.0. The Labute approximate surface area is 117 Å². The SMILES string of the molecule is c1ccc(CCC(NC2CCCCC2)C2CC2)cc1. The zero-order chi connectivity index (χ0) is 12.9. The van der Waals surface area contributed by atoms with Crippen LogP contribution in [0.5, 0.6) is 0 Å². The lowest BCUT2D eigenvalue weighted by Crippen LogP contribution is -2.41. The summed E-state index contributed by atoms with van der Waals surface area (Å²) in [7, 11) is 0. The monoisotopic (exact) mass is 257 g/mol. The highest BCUT2D eigenvalue weighted by Gasteiger charge is 2.32. The molecule has 0 bridgehead atoms. The van der Waals surface area contributed by atoms with Crippen molar-refractivity contribution in [3.63, 3.8) is 0 Å². The molecule has 1 atom stereocenters. The highest BCUT2D eigenvalue weighted by atomic mass is 15.0. The second kappa shape index (κ2) is 6.56. The molecule has 1 heteroatoms. The summed E-state index contributed by atoms with van der Waals surface area (Å²) in [6.07, 6.45) is 12.6. The lowest BCUT2D eigenvalue weighted by molar-refractivity contribution is 0.310. The van der Waals surface area contributed by atoms with Gasteiger partial charge < -0.3 is 5.32 Å². The maximum atomic E-state index is 3.99. The molecule has 1 aromatic carbocycles. The van der Waals surface area contributed by atoms with Crippen molar-refractivity contribution in [3.8, 4) is 0 Å². The van der Waals surface area contributed by atoms with E-state index in [1.807, 2.05) is 0 Å². The van der Waals surface area contributed by atoms with E-state index in [1.54, 1.807) is 0 Å². The second-order valence-electron chi connectivity index (χ2n) is 6.47. The van der Waals surface area contributed by atoms with Gasteiger partial charge in [-0.2, -0.15) is 0 Å². The molecule has 2 aliphatic carbocycles. The van der Waals surface area contributed by atoms with Crippen molar-refractivity contribution < 1.29 is 0 Å². The van der Waals surface area contributed by atoms with Gasteiger partial charge in [0.25, 0.3) is 0 Å². The normalized spacial score (nSPS) is 22.3. The number of nitrogens with one attached hydrogen (secondary N) is 1. The van der Waals surface area contributed by atoms with Crippen LogP contribution in [0.15, 0.2) is 30.3 Å². The molecule has 0 amide bonds. The van der Waals surface area contributed by atoms with Gasteiger partial charge in [0.1, 0.15) is 0 Å². The van der Waals surface area contributed by atoms with Crippen LogP contribution in [0.3, 0.4) is 0 Å². The van der Waals surface area contributed by atoms with E-state index in [0.29, 0.717) is 0 Å². The summed E-state index contributed by atoms with van der Waals surface area (Å²) >= 11 is 0. The van der Waals surface area contributed by atoms with Gasteiger partial charge >= 0.3 is 0 Å². The smallest absolute Gasteiger partial charge is 0.0101 e. The highest BCUT2D eigenvalue weighted by Crippen LogP contribution is 2.35. The Balaban J connectivity index is 1.49.